The van der Waals surface area contributed by atoms with Crippen molar-refractivity contribution in [2.75, 3.05) is 7.05 Å². The lowest BCUT2D eigenvalue weighted by Crippen LogP contribution is -2.36. The predicted molar refractivity (Wildman–Crippen MR) is 71.6 cm³/mol. The van der Waals surface area contributed by atoms with Crippen molar-refractivity contribution >= 4 is 5.84 Å². The highest BCUT2D eigenvalue weighted by molar-refractivity contribution is 5.98. The zero-order valence-electron chi connectivity index (χ0n) is 10.8. The van der Waals surface area contributed by atoms with Gasteiger partial charge >= 0.3 is 5.69 Å². The van der Waals surface area contributed by atoms with E-state index in [0.29, 0.717) is 12.5 Å². The summed E-state index contributed by atoms with van der Waals surface area (Å²) in [5.41, 5.74) is 4.12. The number of aromatic nitrogens is 2. The van der Waals surface area contributed by atoms with Crippen LogP contribution < -0.4 is 17.0 Å². The van der Waals surface area contributed by atoms with E-state index in [1.807, 2.05) is 0 Å². The Morgan fingerprint density at radius 3 is 2.68 bits per heavy atom. The van der Waals surface area contributed by atoms with Crippen molar-refractivity contribution in [3.05, 3.63) is 26.4 Å². The van der Waals surface area contributed by atoms with Crippen molar-refractivity contribution in [3.8, 4) is 5.88 Å². The molecule has 7 heteroatoms. The van der Waals surface area contributed by atoms with Gasteiger partial charge in [-0.1, -0.05) is 12.8 Å². The molecule has 1 heterocycles. The van der Waals surface area contributed by atoms with Gasteiger partial charge in [-0.15, -0.1) is 0 Å². The molecule has 1 aliphatic carbocycles. The Balaban J connectivity index is 2.48. The first-order valence-corrected chi connectivity index (χ1v) is 6.33. The van der Waals surface area contributed by atoms with Crippen LogP contribution in [-0.2, 0) is 6.54 Å². The van der Waals surface area contributed by atoms with Gasteiger partial charge in [0.1, 0.15) is 11.4 Å². The fourth-order valence-corrected chi connectivity index (χ4v) is 2.52. The maximum absolute atomic E-state index is 11.8. The Labute approximate surface area is 109 Å². The van der Waals surface area contributed by atoms with E-state index in [1.54, 1.807) is 0 Å². The van der Waals surface area contributed by atoms with E-state index >= 15 is 0 Å². The molecule has 0 aromatic carbocycles. The zero-order chi connectivity index (χ0) is 14.0. The number of aromatic hydroxyl groups is 1. The topological polar surface area (TPSA) is 113 Å². The van der Waals surface area contributed by atoms with Gasteiger partial charge in [-0.25, -0.2) is 4.79 Å². The third-order valence-electron chi connectivity index (χ3n) is 3.58. The highest BCUT2D eigenvalue weighted by Gasteiger charge is 2.21. The van der Waals surface area contributed by atoms with Gasteiger partial charge in [-0.05, 0) is 18.8 Å². The average molecular weight is 266 g/mol. The third kappa shape index (κ3) is 2.54. The maximum Gasteiger partial charge on any atom is 0.331 e. The van der Waals surface area contributed by atoms with Crippen molar-refractivity contribution in [1.82, 2.24) is 9.55 Å². The highest BCUT2D eigenvalue weighted by atomic mass is 16.3. The molecule has 4 N–H and O–H groups in total. The largest absolute Gasteiger partial charge is 0.494 e. The van der Waals surface area contributed by atoms with Crippen LogP contribution in [0.3, 0.4) is 0 Å². The first-order chi connectivity index (χ1) is 9.04. The van der Waals surface area contributed by atoms with Crippen molar-refractivity contribution in [2.45, 2.75) is 32.2 Å². The van der Waals surface area contributed by atoms with Gasteiger partial charge in [0, 0.05) is 13.6 Å². The van der Waals surface area contributed by atoms with Crippen LogP contribution in [-0.4, -0.2) is 27.5 Å². The Kier molecular flexibility index (Phi) is 3.73. The average Bonchev–Trinajstić information content (AvgIpc) is 2.86. The molecule has 1 aliphatic rings. The van der Waals surface area contributed by atoms with E-state index in [9.17, 15) is 14.7 Å². The summed E-state index contributed by atoms with van der Waals surface area (Å²) in [6.07, 6.45) is 4.32. The van der Waals surface area contributed by atoms with Gasteiger partial charge in [-0.2, -0.15) is 0 Å². The second-order valence-corrected chi connectivity index (χ2v) is 4.83. The van der Waals surface area contributed by atoms with Crippen LogP contribution >= 0.6 is 0 Å². The van der Waals surface area contributed by atoms with Crippen molar-refractivity contribution in [1.29, 1.82) is 0 Å². The number of nitrogens with one attached hydrogen (secondary N) is 1. The normalized spacial score (nSPS) is 17.0. The number of aliphatic imine (C=N–C) groups is 1. The van der Waals surface area contributed by atoms with Crippen LogP contribution in [0.1, 0.15) is 31.2 Å². The quantitative estimate of drug-likeness (QED) is 0.518. The number of hydrogen-bond acceptors (Lipinski definition) is 4. The van der Waals surface area contributed by atoms with Crippen molar-refractivity contribution in [3.63, 3.8) is 0 Å². The van der Waals surface area contributed by atoms with Crippen LogP contribution in [0.2, 0.25) is 0 Å². The fourth-order valence-electron chi connectivity index (χ4n) is 2.52. The molecular weight excluding hydrogens is 248 g/mol. The molecule has 0 bridgehead atoms. The molecule has 19 heavy (non-hydrogen) atoms. The molecule has 0 aliphatic heterocycles. The molecule has 7 nitrogen and oxygen atoms in total. The van der Waals surface area contributed by atoms with Gasteiger partial charge in [0.25, 0.3) is 5.56 Å². The van der Waals surface area contributed by atoms with E-state index in [-0.39, 0.29) is 11.4 Å². The number of rotatable bonds is 3. The predicted octanol–water partition coefficient (Wildman–Crippen LogP) is -0.233. The highest BCUT2D eigenvalue weighted by Crippen LogP contribution is 2.26. The van der Waals surface area contributed by atoms with Crippen LogP contribution in [0.25, 0.3) is 0 Å². The monoisotopic (exact) mass is 266 g/mol. The molecule has 0 unspecified atom stereocenters. The summed E-state index contributed by atoms with van der Waals surface area (Å²) >= 11 is 0. The van der Waals surface area contributed by atoms with Crippen molar-refractivity contribution < 1.29 is 5.11 Å². The standard InChI is InChI=1S/C12H18N4O3/c1-14-9(13)8-10(17)15-12(19)16(11(8)18)6-7-4-2-3-5-7/h7,18H,2-6H2,1H3,(H2,13,14)(H,15,17,19). The Morgan fingerprint density at radius 1 is 1.47 bits per heavy atom. The van der Waals surface area contributed by atoms with Crippen LogP contribution in [0.15, 0.2) is 14.6 Å². The molecular formula is C12H18N4O3. The number of nitrogens with two attached hydrogens (primary N) is 1. The lowest BCUT2D eigenvalue weighted by Gasteiger charge is -2.14. The van der Waals surface area contributed by atoms with Gasteiger partial charge in [0.2, 0.25) is 5.88 Å². The Morgan fingerprint density at radius 2 is 2.11 bits per heavy atom. The second-order valence-electron chi connectivity index (χ2n) is 4.83. The zero-order valence-corrected chi connectivity index (χ0v) is 10.8. The summed E-state index contributed by atoms with van der Waals surface area (Å²) in [5, 5.41) is 10.1. The third-order valence-corrected chi connectivity index (χ3v) is 3.58. The molecule has 0 saturated heterocycles. The summed E-state index contributed by atoms with van der Waals surface area (Å²) in [6.45, 7) is 0.394. The van der Waals surface area contributed by atoms with E-state index in [2.05, 4.69) is 9.98 Å². The van der Waals surface area contributed by atoms with Crippen LogP contribution in [0.4, 0.5) is 0 Å². The summed E-state index contributed by atoms with van der Waals surface area (Å²) in [4.78, 5) is 29.3. The van der Waals surface area contributed by atoms with E-state index in [1.165, 1.54) is 11.6 Å². The molecule has 0 radical (unpaired) electrons. The Bertz CT molecular complexity index is 608. The molecule has 0 atom stereocenters. The first kappa shape index (κ1) is 13.4. The molecule has 1 aromatic rings. The SMILES string of the molecule is CN=C(N)c1c(O)n(CC2CCCC2)c(=O)[nH]c1=O. The Hall–Kier alpha value is -2.05. The van der Waals surface area contributed by atoms with Crippen LogP contribution in [0.5, 0.6) is 5.88 Å². The van der Waals surface area contributed by atoms with E-state index in [0.717, 1.165) is 25.7 Å². The molecule has 0 amide bonds. The van der Waals surface area contributed by atoms with E-state index < -0.39 is 17.1 Å². The second kappa shape index (κ2) is 5.29. The number of hydrogen-bond donors (Lipinski definition) is 3. The molecule has 0 spiro atoms. The summed E-state index contributed by atoms with van der Waals surface area (Å²) in [5.74, 6) is -0.134. The van der Waals surface area contributed by atoms with Gasteiger partial charge in [-0.3, -0.25) is 19.3 Å². The minimum atomic E-state index is -0.715. The van der Waals surface area contributed by atoms with Gasteiger partial charge in [0.05, 0.1) is 0 Å². The number of nitrogens with zero attached hydrogens (tertiary/aromatic N) is 2. The molecule has 1 aromatic heterocycles. The smallest absolute Gasteiger partial charge is 0.331 e. The maximum atomic E-state index is 11.8. The summed E-state index contributed by atoms with van der Waals surface area (Å²) in [7, 11) is 1.42. The first-order valence-electron chi connectivity index (χ1n) is 6.33. The lowest BCUT2D eigenvalue weighted by molar-refractivity contribution is 0.359. The molecule has 1 fully saturated rings. The summed E-state index contributed by atoms with van der Waals surface area (Å²) < 4.78 is 1.17. The number of H-pyrrole nitrogens is 1. The molecule has 1 saturated carbocycles. The minimum Gasteiger partial charge on any atom is -0.494 e. The van der Waals surface area contributed by atoms with Gasteiger partial charge < -0.3 is 10.8 Å². The number of amidine groups is 1. The molecule has 104 valence electrons. The van der Waals surface area contributed by atoms with Crippen molar-refractivity contribution in [2.24, 2.45) is 16.6 Å². The van der Waals surface area contributed by atoms with Crippen LogP contribution in [0, 0.1) is 5.92 Å². The van der Waals surface area contributed by atoms with Gasteiger partial charge in [0.15, 0.2) is 0 Å². The minimum absolute atomic E-state index is 0.0843. The number of aromatic amines is 1. The fraction of sp³-hybridized carbons (Fsp3) is 0.583. The lowest BCUT2D eigenvalue weighted by atomic mass is 10.1. The molecule has 2 rings (SSSR count). The van der Waals surface area contributed by atoms with E-state index in [4.69, 9.17) is 5.73 Å². The summed E-state index contributed by atoms with van der Waals surface area (Å²) in [6, 6.07) is 0.